The fourth-order valence-electron chi connectivity index (χ4n) is 1.66. The number of carboxylic acid groups (broad SMARTS) is 1. The quantitative estimate of drug-likeness (QED) is 0.817. The Labute approximate surface area is 112 Å². The molecule has 1 aromatic heterocycles. The Hall–Kier alpha value is -1.92. The lowest BCUT2D eigenvalue weighted by molar-refractivity contribution is -0.157. The summed E-state index contributed by atoms with van der Waals surface area (Å²) in [7, 11) is 0. The fraction of sp³-hybridized carbons (Fsp3) is 0.667. The number of aromatic nitrogens is 3. The molecule has 0 atom stereocenters. The molecule has 0 bridgehead atoms. The molecule has 0 saturated carbocycles. The second-order valence-corrected chi connectivity index (χ2v) is 5.36. The number of hydrogen-bond acceptors (Lipinski definition) is 4. The van der Waals surface area contributed by atoms with Crippen LogP contribution in [0.3, 0.4) is 0 Å². The number of nitrogens with zero attached hydrogens (tertiary/aromatic N) is 4. The SMILES string of the molecule is CC(C)CN(C(=O)Cn1ccnn1)C(C)(C)C(=O)O. The summed E-state index contributed by atoms with van der Waals surface area (Å²) < 4.78 is 1.38. The first-order valence-corrected chi connectivity index (χ1v) is 6.13. The van der Waals surface area contributed by atoms with Gasteiger partial charge in [0.2, 0.25) is 5.91 Å². The minimum Gasteiger partial charge on any atom is -0.480 e. The minimum absolute atomic E-state index is 0.0105. The third-order valence-corrected chi connectivity index (χ3v) is 2.82. The molecule has 0 unspecified atom stereocenters. The Morgan fingerprint density at radius 2 is 2.05 bits per heavy atom. The second kappa shape index (κ2) is 5.81. The zero-order chi connectivity index (χ0) is 14.6. The van der Waals surface area contributed by atoms with Gasteiger partial charge in [0.15, 0.2) is 0 Å². The van der Waals surface area contributed by atoms with Crippen molar-refractivity contribution < 1.29 is 14.7 Å². The van der Waals surface area contributed by atoms with Gasteiger partial charge >= 0.3 is 5.97 Å². The van der Waals surface area contributed by atoms with Crippen molar-refractivity contribution in [3.8, 4) is 0 Å². The maximum absolute atomic E-state index is 12.3. The molecule has 0 radical (unpaired) electrons. The van der Waals surface area contributed by atoms with Crippen LogP contribution in [0.15, 0.2) is 12.4 Å². The minimum atomic E-state index is -1.25. The number of hydrogen-bond donors (Lipinski definition) is 1. The fourth-order valence-corrected chi connectivity index (χ4v) is 1.66. The molecule has 1 aromatic rings. The number of rotatable bonds is 6. The molecule has 0 saturated heterocycles. The van der Waals surface area contributed by atoms with E-state index >= 15 is 0 Å². The van der Waals surface area contributed by atoms with Crippen molar-refractivity contribution in [2.45, 2.75) is 39.8 Å². The van der Waals surface area contributed by atoms with Crippen molar-refractivity contribution in [1.82, 2.24) is 19.9 Å². The van der Waals surface area contributed by atoms with Crippen LogP contribution in [0.1, 0.15) is 27.7 Å². The largest absolute Gasteiger partial charge is 0.480 e. The summed E-state index contributed by atoms with van der Waals surface area (Å²) in [6.07, 6.45) is 3.04. The van der Waals surface area contributed by atoms with Crippen LogP contribution in [0.4, 0.5) is 0 Å². The van der Waals surface area contributed by atoms with Crippen LogP contribution in [-0.2, 0) is 16.1 Å². The van der Waals surface area contributed by atoms with E-state index in [1.807, 2.05) is 13.8 Å². The second-order valence-electron chi connectivity index (χ2n) is 5.36. The van der Waals surface area contributed by atoms with E-state index in [-0.39, 0.29) is 18.4 Å². The van der Waals surface area contributed by atoms with Gasteiger partial charge in [0.1, 0.15) is 12.1 Å². The van der Waals surface area contributed by atoms with E-state index in [0.29, 0.717) is 6.54 Å². The molecule has 1 amide bonds. The summed E-state index contributed by atoms with van der Waals surface area (Å²) >= 11 is 0. The highest BCUT2D eigenvalue weighted by Crippen LogP contribution is 2.17. The van der Waals surface area contributed by atoms with Crippen molar-refractivity contribution >= 4 is 11.9 Å². The van der Waals surface area contributed by atoms with E-state index in [1.165, 1.54) is 29.6 Å². The van der Waals surface area contributed by atoms with Crippen LogP contribution in [-0.4, -0.2) is 49.0 Å². The molecule has 7 nitrogen and oxygen atoms in total. The molecule has 0 aromatic carbocycles. The summed E-state index contributed by atoms with van der Waals surface area (Å²) in [5.74, 6) is -1.13. The van der Waals surface area contributed by atoms with E-state index in [0.717, 1.165) is 0 Å². The van der Waals surface area contributed by atoms with Gasteiger partial charge in [-0.3, -0.25) is 4.79 Å². The van der Waals surface area contributed by atoms with Crippen LogP contribution in [0.5, 0.6) is 0 Å². The zero-order valence-corrected chi connectivity index (χ0v) is 11.7. The molecule has 1 heterocycles. The first-order chi connectivity index (χ1) is 8.75. The van der Waals surface area contributed by atoms with Gasteiger partial charge in [-0.1, -0.05) is 19.1 Å². The van der Waals surface area contributed by atoms with Crippen LogP contribution in [0.25, 0.3) is 0 Å². The van der Waals surface area contributed by atoms with Gasteiger partial charge < -0.3 is 10.0 Å². The molecule has 0 aliphatic rings. The lowest BCUT2D eigenvalue weighted by Gasteiger charge is -2.36. The monoisotopic (exact) mass is 268 g/mol. The summed E-state index contributed by atoms with van der Waals surface area (Å²) in [5.41, 5.74) is -1.25. The summed E-state index contributed by atoms with van der Waals surface area (Å²) in [5, 5.41) is 16.6. The third kappa shape index (κ3) is 3.77. The number of amides is 1. The summed E-state index contributed by atoms with van der Waals surface area (Å²) in [6.45, 7) is 7.30. The molecule has 7 heteroatoms. The number of aliphatic carboxylic acids is 1. The average Bonchev–Trinajstić information content (AvgIpc) is 2.77. The molecule has 19 heavy (non-hydrogen) atoms. The first kappa shape index (κ1) is 15.1. The standard InChI is InChI=1S/C12H20N4O3/c1-9(2)7-16(12(3,4)11(18)19)10(17)8-15-6-5-13-14-15/h5-6,9H,7-8H2,1-4H3,(H,18,19). The maximum Gasteiger partial charge on any atom is 0.329 e. The summed E-state index contributed by atoms with van der Waals surface area (Å²) in [4.78, 5) is 25.0. The van der Waals surface area contributed by atoms with E-state index in [2.05, 4.69) is 10.3 Å². The number of carbonyl (C=O) groups is 2. The highest BCUT2D eigenvalue weighted by Gasteiger charge is 2.38. The van der Waals surface area contributed by atoms with E-state index < -0.39 is 11.5 Å². The Bertz CT molecular complexity index is 440. The van der Waals surface area contributed by atoms with Crippen molar-refractivity contribution in [2.24, 2.45) is 5.92 Å². The third-order valence-electron chi connectivity index (χ3n) is 2.82. The molecule has 0 fully saturated rings. The Morgan fingerprint density at radius 3 is 2.47 bits per heavy atom. The maximum atomic E-state index is 12.3. The topological polar surface area (TPSA) is 88.3 Å². The van der Waals surface area contributed by atoms with Crippen LogP contribution in [0, 0.1) is 5.92 Å². The molecule has 1 N–H and O–H groups in total. The normalized spacial score (nSPS) is 11.6. The predicted octanol–water partition coefficient (Wildman–Crippen LogP) is 0.626. The van der Waals surface area contributed by atoms with Gasteiger partial charge in [0, 0.05) is 12.7 Å². The van der Waals surface area contributed by atoms with Gasteiger partial charge in [-0.25, -0.2) is 9.48 Å². The summed E-state index contributed by atoms with van der Waals surface area (Å²) in [6, 6.07) is 0. The Balaban J connectivity index is 2.90. The lowest BCUT2D eigenvalue weighted by Crippen LogP contribution is -2.55. The van der Waals surface area contributed by atoms with Crippen LogP contribution >= 0.6 is 0 Å². The van der Waals surface area contributed by atoms with Crippen molar-refractivity contribution in [3.63, 3.8) is 0 Å². The van der Waals surface area contributed by atoms with Gasteiger partial charge in [-0.15, -0.1) is 5.10 Å². The van der Waals surface area contributed by atoms with Crippen molar-refractivity contribution in [1.29, 1.82) is 0 Å². The molecule has 0 aliphatic carbocycles. The van der Waals surface area contributed by atoms with Gasteiger partial charge in [-0.05, 0) is 19.8 Å². The predicted molar refractivity (Wildman–Crippen MR) is 68.3 cm³/mol. The molecule has 0 aliphatic heterocycles. The van der Waals surface area contributed by atoms with E-state index in [9.17, 15) is 14.7 Å². The number of carbonyl (C=O) groups excluding carboxylic acids is 1. The van der Waals surface area contributed by atoms with Crippen molar-refractivity contribution in [3.05, 3.63) is 12.4 Å². The zero-order valence-electron chi connectivity index (χ0n) is 11.7. The first-order valence-electron chi connectivity index (χ1n) is 6.13. The lowest BCUT2D eigenvalue weighted by atomic mass is 10.0. The smallest absolute Gasteiger partial charge is 0.329 e. The van der Waals surface area contributed by atoms with Crippen LogP contribution in [0.2, 0.25) is 0 Å². The van der Waals surface area contributed by atoms with Gasteiger partial charge in [0.25, 0.3) is 0 Å². The van der Waals surface area contributed by atoms with Gasteiger partial charge in [-0.2, -0.15) is 0 Å². The molecule has 106 valence electrons. The highest BCUT2D eigenvalue weighted by atomic mass is 16.4. The van der Waals surface area contributed by atoms with Crippen molar-refractivity contribution in [2.75, 3.05) is 6.54 Å². The molecule has 0 spiro atoms. The van der Waals surface area contributed by atoms with E-state index in [1.54, 1.807) is 6.20 Å². The van der Waals surface area contributed by atoms with Crippen LogP contribution < -0.4 is 0 Å². The Morgan fingerprint density at radius 1 is 1.42 bits per heavy atom. The number of carboxylic acids is 1. The molecular weight excluding hydrogens is 248 g/mol. The van der Waals surface area contributed by atoms with E-state index in [4.69, 9.17) is 0 Å². The highest BCUT2D eigenvalue weighted by molar-refractivity contribution is 5.86. The average molecular weight is 268 g/mol. The Kier molecular flexibility index (Phi) is 4.63. The molecular formula is C12H20N4O3. The molecule has 1 rings (SSSR count). The van der Waals surface area contributed by atoms with Gasteiger partial charge in [0.05, 0.1) is 6.20 Å².